The molecule has 5 nitrogen and oxygen atoms in total. The molecule has 0 radical (unpaired) electrons. The molecule has 2 aromatic heterocycles. The highest BCUT2D eigenvalue weighted by atomic mass is 16.1. The number of hydrogen-bond donors (Lipinski definition) is 0. The topological polar surface area (TPSA) is 60.7 Å². The van der Waals surface area contributed by atoms with Gasteiger partial charge in [0, 0.05) is 18.0 Å². The van der Waals surface area contributed by atoms with Gasteiger partial charge in [0.15, 0.2) is 5.78 Å². The molecule has 2 heterocycles. The van der Waals surface area contributed by atoms with Crippen LogP contribution in [0.2, 0.25) is 0 Å². The third-order valence-electron chi connectivity index (χ3n) is 1.76. The summed E-state index contributed by atoms with van der Waals surface area (Å²) in [5.41, 5.74) is 0.586. The van der Waals surface area contributed by atoms with Gasteiger partial charge in [-0.15, -0.1) is 0 Å². The van der Waals surface area contributed by atoms with Crippen molar-refractivity contribution in [3.8, 4) is 0 Å². The molecule has 2 aromatic rings. The monoisotopic (exact) mass is 188 g/mol. The van der Waals surface area contributed by atoms with E-state index in [2.05, 4.69) is 15.1 Å². The van der Waals surface area contributed by atoms with Crippen molar-refractivity contribution in [1.29, 1.82) is 0 Å². The summed E-state index contributed by atoms with van der Waals surface area (Å²) in [6, 6.07) is 3.46. The van der Waals surface area contributed by atoms with Gasteiger partial charge in [-0.05, 0) is 12.1 Å². The van der Waals surface area contributed by atoms with E-state index >= 15 is 0 Å². The molecule has 0 amide bonds. The molecule has 5 heteroatoms. The number of Topliss-reactive ketones (excluding diaryl/α,β-unsaturated/α-hetero) is 1. The fraction of sp³-hybridized carbons (Fsp3) is 0.111. The summed E-state index contributed by atoms with van der Waals surface area (Å²) in [6.45, 7) is 0.200. The third kappa shape index (κ3) is 1.82. The first-order valence-corrected chi connectivity index (χ1v) is 4.12. The van der Waals surface area contributed by atoms with Gasteiger partial charge in [0.1, 0.15) is 19.2 Å². The van der Waals surface area contributed by atoms with Crippen LogP contribution in [0.25, 0.3) is 0 Å². The molecule has 14 heavy (non-hydrogen) atoms. The number of ketones is 1. The summed E-state index contributed by atoms with van der Waals surface area (Å²) in [5, 5.41) is 3.85. The SMILES string of the molecule is O=C(Cn1cncn1)c1cccnc1. The minimum atomic E-state index is -0.0244. The van der Waals surface area contributed by atoms with Crippen LogP contribution in [0.1, 0.15) is 10.4 Å². The predicted octanol–water partition coefficient (Wildman–Crippen LogP) is 0.556. The van der Waals surface area contributed by atoms with Gasteiger partial charge < -0.3 is 0 Å². The number of carbonyl (C=O) groups is 1. The molecule has 0 aliphatic heterocycles. The maximum atomic E-state index is 11.6. The molecule has 70 valence electrons. The van der Waals surface area contributed by atoms with Crippen molar-refractivity contribution in [1.82, 2.24) is 19.7 Å². The summed E-state index contributed by atoms with van der Waals surface area (Å²) in [5.74, 6) is -0.0244. The maximum Gasteiger partial charge on any atom is 0.185 e. The van der Waals surface area contributed by atoms with E-state index in [0.29, 0.717) is 5.56 Å². The smallest absolute Gasteiger partial charge is 0.185 e. The van der Waals surface area contributed by atoms with Crippen LogP contribution in [0.4, 0.5) is 0 Å². The van der Waals surface area contributed by atoms with Crippen molar-refractivity contribution in [3.63, 3.8) is 0 Å². The van der Waals surface area contributed by atoms with E-state index < -0.39 is 0 Å². The summed E-state index contributed by atoms with van der Waals surface area (Å²) < 4.78 is 1.48. The van der Waals surface area contributed by atoms with Crippen LogP contribution in [0.5, 0.6) is 0 Å². The molecule has 0 saturated heterocycles. The third-order valence-corrected chi connectivity index (χ3v) is 1.76. The van der Waals surface area contributed by atoms with Crippen molar-refractivity contribution < 1.29 is 4.79 Å². The van der Waals surface area contributed by atoms with Crippen LogP contribution in [-0.4, -0.2) is 25.5 Å². The van der Waals surface area contributed by atoms with Gasteiger partial charge in [0.25, 0.3) is 0 Å². The molecule has 0 saturated carbocycles. The van der Waals surface area contributed by atoms with Gasteiger partial charge in [-0.3, -0.25) is 9.78 Å². The van der Waals surface area contributed by atoms with Gasteiger partial charge >= 0.3 is 0 Å². The second-order valence-electron chi connectivity index (χ2n) is 2.76. The van der Waals surface area contributed by atoms with E-state index in [1.54, 1.807) is 24.5 Å². The minimum absolute atomic E-state index is 0.0244. The molecular formula is C9H8N4O. The lowest BCUT2D eigenvalue weighted by Crippen LogP contribution is -2.10. The predicted molar refractivity (Wildman–Crippen MR) is 48.6 cm³/mol. The molecule has 0 atom stereocenters. The van der Waals surface area contributed by atoms with Gasteiger partial charge in [-0.1, -0.05) is 0 Å². The number of rotatable bonds is 3. The molecular weight excluding hydrogens is 180 g/mol. The Morgan fingerprint density at radius 2 is 2.36 bits per heavy atom. The first-order chi connectivity index (χ1) is 6.86. The highest BCUT2D eigenvalue weighted by molar-refractivity contribution is 5.95. The maximum absolute atomic E-state index is 11.6. The molecule has 0 aliphatic carbocycles. The first kappa shape index (κ1) is 8.55. The van der Waals surface area contributed by atoms with E-state index in [1.165, 1.54) is 17.3 Å². The van der Waals surface area contributed by atoms with Gasteiger partial charge in [0.05, 0.1) is 0 Å². The molecule has 0 spiro atoms. The zero-order chi connectivity index (χ0) is 9.80. The van der Waals surface area contributed by atoms with E-state index in [0.717, 1.165) is 0 Å². The Kier molecular flexibility index (Phi) is 2.31. The standard InChI is InChI=1S/C9H8N4O/c14-9(5-13-7-11-6-12-13)8-2-1-3-10-4-8/h1-4,6-7H,5H2. The highest BCUT2D eigenvalue weighted by Gasteiger charge is 2.05. The quantitative estimate of drug-likeness (QED) is 0.660. The van der Waals surface area contributed by atoms with Crippen LogP contribution in [0.15, 0.2) is 37.2 Å². The van der Waals surface area contributed by atoms with Crippen molar-refractivity contribution in [2.75, 3.05) is 0 Å². The Morgan fingerprint density at radius 3 is 3.00 bits per heavy atom. The molecule has 0 aromatic carbocycles. The normalized spacial score (nSPS) is 10.0. The van der Waals surface area contributed by atoms with Crippen LogP contribution in [0.3, 0.4) is 0 Å². The summed E-state index contributed by atoms with van der Waals surface area (Å²) in [7, 11) is 0. The van der Waals surface area contributed by atoms with Crippen molar-refractivity contribution >= 4 is 5.78 Å². The number of nitrogens with zero attached hydrogens (tertiary/aromatic N) is 4. The zero-order valence-electron chi connectivity index (χ0n) is 7.37. The molecule has 0 unspecified atom stereocenters. The van der Waals surface area contributed by atoms with Crippen LogP contribution in [0, 0.1) is 0 Å². The lowest BCUT2D eigenvalue weighted by atomic mass is 10.2. The fourth-order valence-electron chi connectivity index (χ4n) is 1.08. The zero-order valence-corrected chi connectivity index (χ0v) is 7.37. The van der Waals surface area contributed by atoms with E-state index in [4.69, 9.17) is 0 Å². The highest BCUT2D eigenvalue weighted by Crippen LogP contribution is 1.98. The first-order valence-electron chi connectivity index (χ1n) is 4.12. The largest absolute Gasteiger partial charge is 0.292 e. The number of aromatic nitrogens is 4. The van der Waals surface area contributed by atoms with Crippen LogP contribution >= 0.6 is 0 Å². The van der Waals surface area contributed by atoms with Crippen molar-refractivity contribution in [3.05, 3.63) is 42.7 Å². The Morgan fingerprint density at radius 1 is 1.43 bits per heavy atom. The molecule has 2 rings (SSSR count). The average molecular weight is 188 g/mol. The Labute approximate surface area is 80.4 Å². The van der Waals surface area contributed by atoms with Crippen molar-refractivity contribution in [2.45, 2.75) is 6.54 Å². The van der Waals surface area contributed by atoms with E-state index in [1.807, 2.05) is 0 Å². The Bertz CT molecular complexity index is 410. The second-order valence-corrected chi connectivity index (χ2v) is 2.76. The van der Waals surface area contributed by atoms with Crippen LogP contribution in [-0.2, 0) is 6.54 Å². The molecule has 0 fully saturated rings. The molecule has 0 aliphatic rings. The van der Waals surface area contributed by atoms with Crippen LogP contribution < -0.4 is 0 Å². The van der Waals surface area contributed by atoms with Gasteiger partial charge in [-0.2, -0.15) is 5.10 Å². The lowest BCUT2D eigenvalue weighted by molar-refractivity contribution is 0.0967. The number of pyridine rings is 1. The van der Waals surface area contributed by atoms with Crippen molar-refractivity contribution in [2.24, 2.45) is 0 Å². The Hall–Kier alpha value is -2.04. The lowest BCUT2D eigenvalue weighted by Gasteiger charge is -1.99. The summed E-state index contributed by atoms with van der Waals surface area (Å²) in [6.07, 6.45) is 6.08. The molecule has 0 bridgehead atoms. The second kappa shape index (κ2) is 3.78. The number of carbonyl (C=O) groups excluding carboxylic acids is 1. The Balaban J connectivity index is 2.11. The van der Waals surface area contributed by atoms with Gasteiger partial charge in [-0.25, -0.2) is 9.67 Å². The number of hydrogen-bond acceptors (Lipinski definition) is 4. The minimum Gasteiger partial charge on any atom is -0.292 e. The summed E-state index contributed by atoms with van der Waals surface area (Å²) >= 11 is 0. The average Bonchev–Trinajstić information content (AvgIpc) is 2.72. The van der Waals surface area contributed by atoms with Gasteiger partial charge in [0.2, 0.25) is 0 Å². The molecule has 0 N–H and O–H groups in total. The fourth-order valence-corrected chi connectivity index (χ4v) is 1.08. The summed E-state index contributed by atoms with van der Waals surface area (Å²) in [4.78, 5) is 19.2. The van der Waals surface area contributed by atoms with E-state index in [9.17, 15) is 4.79 Å². The van der Waals surface area contributed by atoms with E-state index in [-0.39, 0.29) is 12.3 Å².